The first-order chi connectivity index (χ1) is 16.8. The summed E-state index contributed by atoms with van der Waals surface area (Å²) in [6, 6.07) is 15.0. The monoisotopic (exact) mass is 493 g/mol. The van der Waals surface area contributed by atoms with E-state index in [1.165, 1.54) is 30.5 Å². The average molecular weight is 494 g/mol. The molecule has 182 valence electrons. The molecule has 7 nitrogen and oxygen atoms in total. The molecule has 1 aliphatic rings. The summed E-state index contributed by atoms with van der Waals surface area (Å²) in [5, 5.41) is 13.3. The van der Waals surface area contributed by atoms with Crippen LogP contribution in [0.15, 0.2) is 65.6 Å². The van der Waals surface area contributed by atoms with Crippen LogP contribution in [0, 0.1) is 0 Å². The minimum atomic E-state index is -0.813. The third-order valence-corrected chi connectivity index (χ3v) is 6.51. The van der Waals surface area contributed by atoms with Crippen molar-refractivity contribution in [2.75, 3.05) is 14.2 Å². The van der Waals surface area contributed by atoms with E-state index in [-0.39, 0.29) is 24.0 Å². The first-order valence-electron chi connectivity index (χ1n) is 11.1. The fourth-order valence-corrected chi connectivity index (χ4v) is 4.83. The smallest absolute Gasteiger partial charge is 0.295 e. The van der Waals surface area contributed by atoms with Gasteiger partial charge in [-0.3, -0.25) is 9.59 Å². The number of likely N-dealkylation sites (tertiary alicyclic amines) is 1. The van der Waals surface area contributed by atoms with E-state index in [0.717, 1.165) is 4.88 Å². The van der Waals surface area contributed by atoms with Gasteiger partial charge in [0.1, 0.15) is 11.5 Å². The van der Waals surface area contributed by atoms with Crippen LogP contribution < -0.4 is 14.2 Å². The number of methoxy groups -OCH3 is 2. The Labute approximate surface area is 208 Å². The topological polar surface area (TPSA) is 85.3 Å². The summed E-state index contributed by atoms with van der Waals surface area (Å²) < 4.78 is 16.6. The highest BCUT2D eigenvalue weighted by atomic mass is 32.1. The zero-order valence-electron chi connectivity index (χ0n) is 20.0. The van der Waals surface area contributed by atoms with Crippen LogP contribution in [0.2, 0.25) is 0 Å². The number of Topliss-reactive ketones (excluding diaryl/α,β-unsaturated/α-hetero) is 1. The number of ether oxygens (including phenoxy) is 3. The van der Waals surface area contributed by atoms with Crippen LogP contribution in [0.3, 0.4) is 0 Å². The molecule has 3 aromatic rings. The normalized spacial score (nSPS) is 17.2. The van der Waals surface area contributed by atoms with Crippen LogP contribution in [0.1, 0.15) is 35.9 Å². The molecule has 1 amide bonds. The number of ketones is 1. The Balaban J connectivity index is 1.87. The second-order valence-electron chi connectivity index (χ2n) is 8.32. The molecule has 0 saturated carbocycles. The molecule has 2 aromatic carbocycles. The Morgan fingerprint density at radius 1 is 1.03 bits per heavy atom. The van der Waals surface area contributed by atoms with Gasteiger partial charge in [-0.1, -0.05) is 24.3 Å². The van der Waals surface area contributed by atoms with E-state index >= 15 is 0 Å². The molecule has 0 aliphatic carbocycles. The highest BCUT2D eigenvalue weighted by Crippen LogP contribution is 2.43. The minimum Gasteiger partial charge on any atom is -0.507 e. The van der Waals surface area contributed by atoms with Gasteiger partial charge in [0.25, 0.3) is 11.7 Å². The summed E-state index contributed by atoms with van der Waals surface area (Å²) in [6.07, 6.45) is -0.0597. The fraction of sp³-hybridized carbons (Fsp3) is 0.259. The first-order valence-corrected chi connectivity index (χ1v) is 12.0. The summed E-state index contributed by atoms with van der Waals surface area (Å²) in [5.74, 6) is -0.141. The molecule has 1 aliphatic heterocycles. The number of aliphatic hydroxyl groups is 1. The molecule has 1 saturated heterocycles. The molecular formula is C27H27NO6S. The van der Waals surface area contributed by atoms with Gasteiger partial charge in [-0.05, 0) is 55.1 Å². The van der Waals surface area contributed by atoms with E-state index in [0.29, 0.717) is 28.4 Å². The lowest BCUT2D eigenvalue weighted by Crippen LogP contribution is -2.28. The number of aliphatic hydroxyl groups excluding tert-OH is 1. The van der Waals surface area contributed by atoms with E-state index < -0.39 is 17.7 Å². The largest absolute Gasteiger partial charge is 0.507 e. The zero-order chi connectivity index (χ0) is 25.1. The van der Waals surface area contributed by atoms with Crippen molar-refractivity contribution < 1.29 is 28.9 Å². The number of hydrogen-bond donors (Lipinski definition) is 1. The lowest BCUT2D eigenvalue weighted by Gasteiger charge is -2.25. The van der Waals surface area contributed by atoms with Gasteiger partial charge in [0.15, 0.2) is 11.5 Å². The van der Waals surface area contributed by atoms with Crippen molar-refractivity contribution in [3.63, 3.8) is 0 Å². The van der Waals surface area contributed by atoms with Gasteiger partial charge in [0, 0.05) is 10.4 Å². The van der Waals surface area contributed by atoms with Crippen molar-refractivity contribution in [3.8, 4) is 17.2 Å². The highest BCUT2D eigenvalue weighted by molar-refractivity contribution is 7.09. The van der Waals surface area contributed by atoms with E-state index in [1.807, 2.05) is 31.4 Å². The molecule has 1 N–H and O–H groups in total. The van der Waals surface area contributed by atoms with E-state index in [4.69, 9.17) is 14.2 Å². The van der Waals surface area contributed by atoms with Crippen molar-refractivity contribution in [2.24, 2.45) is 0 Å². The van der Waals surface area contributed by atoms with Gasteiger partial charge in [0.05, 0.1) is 38.5 Å². The van der Waals surface area contributed by atoms with Crippen molar-refractivity contribution in [1.29, 1.82) is 0 Å². The van der Waals surface area contributed by atoms with Gasteiger partial charge in [-0.25, -0.2) is 0 Å². The number of benzene rings is 2. The fourth-order valence-electron chi connectivity index (χ4n) is 4.13. The second-order valence-corrected chi connectivity index (χ2v) is 9.35. The number of hydrogen-bond acceptors (Lipinski definition) is 7. The molecular weight excluding hydrogens is 466 g/mol. The van der Waals surface area contributed by atoms with Gasteiger partial charge >= 0.3 is 0 Å². The number of rotatable bonds is 8. The lowest BCUT2D eigenvalue weighted by atomic mass is 9.95. The van der Waals surface area contributed by atoms with Crippen molar-refractivity contribution in [2.45, 2.75) is 32.5 Å². The predicted octanol–water partition coefficient (Wildman–Crippen LogP) is 5.17. The number of carbonyl (C=O) groups is 2. The van der Waals surface area contributed by atoms with Crippen LogP contribution in [0.5, 0.6) is 17.2 Å². The van der Waals surface area contributed by atoms with Gasteiger partial charge in [0.2, 0.25) is 0 Å². The predicted molar refractivity (Wildman–Crippen MR) is 134 cm³/mol. The maximum absolute atomic E-state index is 13.3. The molecule has 0 spiro atoms. The maximum atomic E-state index is 13.3. The molecule has 0 radical (unpaired) electrons. The number of nitrogens with zero attached hydrogens (tertiary/aromatic N) is 1. The Kier molecular flexibility index (Phi) is 7.12. The van der Waals surface area contributed by atoms with E-state index in [9.17, 15) is 14.7 Å². The third kappa shape index (κ3) is 4.88. The van der Waals surface area contributed by atoms with Crippen molar-refractivity contribution in [1.82, 2.24) is 4.90 Å². The first kappa shape index (κ1) is 24.3. The minimum absolute atomic E-state index is 0.0143. The molecule has 1 fully saturated rings. The Hall–Kier alpha value is -3.78. The van der Waals surface area contributed by atoms with Crippen LogP contribution in [0.4, 0.5) is 0 Å². The van der Waals surface area contributed by atoms with Gasteiger partial charge in [-0.2, -0.15) is 0 Å². The van der Waals surface area contributed by atoms with Crippen LogP contribution >= 0.6 is 11.3 Å². The Morgan fingerprint density at radius 2 is 1.80 bits per heavy atom. The van der Waals surface area contributed by atoms with Crippen molar-refractivity contribution >= 4 is 28.8 Å². The van der Waals surface area contributed by atoms with E-state index in [1.54, 1.807) is 42.5 Å². The van der Waals surface area contributed by atoms with Crippen LogP contribution in [-0.4, -0.2) is 42.0 Å². The zero-order valence-corrected chi connectivity index (χ0v) is 20.8. The molecule has 8 heteroatoms. The summed E-state index contributed by atoms with van der Waals surface area (Å²) in [5.41, 5.74) is 1.03. The number of amides is 1. The maximum Gasteiger partial charge on any atom is 0.295 e. The van der Waals surface area contributed by atoms with Crippen LogP contribution in [-0.2, 0) is 16.1 Å². The van der Waals surface area contributed by atoms with Crippen molar-refractivity contribution in [3.05, 3.63) is 81.6 Å². The SMILES string of the molecule is COc1ccc(C2/C(=C(/O)c3cccc(OC(C)C)c3)C(=O)C(=O)N2Cc2cccs2)cc1OC. The Morgan fingerprint density at radius 3 is 2.46 bits per heavy atom. The quantitative estimate of drug-likeness (QED) is 0.265. The van der Waals surface area contributed by atoms with Gasteiger partial charge < -0.3 is 24.2 Å². The number of carbonyl (C=O) groups excluding carboxylic acids is 2. The average Bonchev–Trinajstić information content (AvgIpc) is 3.45. The molecule has 4 rings (SSSR count). The van der Waals surface area contributed by atoms with Gasteiger partial charge in [-0.15, -0.1) is 11.3 Å². The molecule has 1 aromatic heterocycles. The molecule has 0 bridgehead atoms. The second kappa shape index (κ2) is 10.2. The summed E-state index contributed by atoms with van der Waals surface area (Å²) in [7, 11) is 3.05. The number of thiophene rings is 1. The van der Waals surface area contributed by atoms with E-state index in [2.05, 4.69) is 0 Å². The molecule has 35 heavy (non-hydrogen) atoms. The molecule has 1 atom stereocenters. The Bertz CT molecular complexity index is 1260. The lowest BCUT2D eigenvalue weighted by molar-refractivity contribution is -0.140. The summed E-state index contributed by atoms with van der Waals surface area (Å²) in [6.45, 7) is 4.04. The highest BCUT2D eigenvalue weighted by Gasteiger charge is 2.46. The third-order valence-electron chi connectivity index (χ3n) is 5.65. The standard InChI is InChI=1S/C27H27NO6S/c1-16(2)34-19-8-5-7-18(13-19)25(29)23-24(17-10-11-21(32-3)22(14-17)33-4)28(27(31)26(23)30)15-20-9-6-12-35-20/h5-14,16,24,29H,15H2,1-4H3/b25-23-. The summed E-state index contributed by atoms with van der Waals surface area (Å²) >= 11 is 1.49. The van der Waals surface area contributed by atoms with Crippen LogP contribution in [0.25, 0.3) is 5.76 Å². The summed E-state index contributed by atoms with van der Waals surface area (Å²) in [4.78, 5) is 28.9. The molecule has 1 unspecified atom stereocenters. The molecule has 2 heterocycles.